The second-order valence-electron chi connectivity index (χ2n) is 4.77. The molecule has 0 bridgehead atoms. The van der Waals surface area contributed by atoms with E-state index in [-0.39, 0.29) is 11.9 Å². The summed E-state index contributed by atoms with van der Waals surface area (Å²) in [4.78, 5) is 4.61. The third kappa shape index (κ3) is 3.49. The Hall–Kier alpha value is -1.72. The van der Waals surface area contributed by atoms with Crippen molar-refractivity contribution in [2.24, 2.45) is 4.99 Å². The van der Waals surface area contributed by atoms with Crippen LogP contribution in [0, 0.1) is 5.82 Å². The van der Waals surface area contributed by atoms with Crippen LogP contribution in [-0.2, 0) is 4.74 Å². The first-order chi connectivity index (χ1) is 10.2. The highest BCUT2D eigenvalue weighted by atomic mass is 79.9. The molecule has 5 heteroatoms. The summed E-state index contributed by atoms with van der Waals surface area (Å²) in [5, 5.41) is 3.01. The topological polar surface area (TPSA) is 33.6 Å². The molecule has 108 valence electrons. The van der Waals surface area contributed by atoms with Gasteiger partial charge in [0.15, 0.2) is 0 Å². The van der Waals surface area contributed by atoms with E-state index in [1.54, 1.807) is 12.1 Å². The van der Waals surface area contributed by atoms with Crippen LogP contribution in [0.4, 0.5) is 10.1 Å². The Morgan fingerprint density at radius 1 is 1.19 bits per heavy atom. The van der Waals surface area contributed by atoms with Crippen molar-refractivity contribution in [2.45, 2.75) is 6.04 Å². The van der Waals surface area contributed by atoms with Gasteiger partial charge >= 0.3 is 0 Å². The SMILES string of the molecule is Fc1cc(Br)ccc1NC1=NC(c2ccccc2)COC1. The molecule has 3 rings (SSSR count). The van der Waals surface area contributed by atoms with Gasteiger partial charge in [-0.15, -0.1) is 0 Å². The highest BCUT2D eigenvalue weighted by Gasteiger charge is 2.18. The van der Waals surface area contributed by atoms with Crippen LogP contribution >= 0.6 is 15.9 Å². The number of anilines is 1. The minimum atomic E-state index is -0.325. The lowest BCUT2D eigenvalue weighted by Gasteiger charge is -2.22. The number of nitrogens with zero attached hydrogens (tertiary/aromatic N) is 1. The van der Waals surface area contributed by atoms with Crippen LogP contribution in [0.1, 0.15) is 11.6 Å². The van der Waals surface area contributed by atoms with Gasteiger partial charge in [-0.3, -0.25) is 4.99 Å². The van der Waals surface area contributed by atoms with Gasteiger partial charge in [-0.2, -0.15) is 0 Å². The van der Waals surface area contributed by atoms with Gasteiger partial charge in [0.1, 0.15) is 24.3 Å². The predicted molar refractivity (Wildman–Crippen MR) is 85.2 cm³/mol. The van der Waals surface area contributed by atoms with E-state index in [4.69, 9.17) is 4.74 Å². The summed E-state index contributed by atoms with van der Waals surface area (Å²) in [5.74, 6) is 0.310. The maximum Gasteiger partial charge on any atom is 0.147 e. The van der Waals surface area contributed by atoms with Crippen LogP contribution in [0.5, 0.6) is 0 Å². The Kier molecular flexibility index (Phi) is 4.31. The van der Waals surface area contributed by atoms with E-state index in [1.165, 1.54) is 6.07 Å². The van der Waals surface area contributed by atoms with Crippen LogP contribution in [0.25, 0.3) is 0 Å². The average molecular weight is 349 g/mol. The zero-order valence-corrected chi connectivity index (χ0v) is 12.8. The third-order valence-corrected chi connectivity index (χ3v) is 3.71. The molecule has 1 aliphatic rings. The van der Waals surface area contributed by atoms with Crippen LogP contribution in [0.15, 0.2) is 58.0 Å². The maximum atomic E-state index is 13.8. The molecule has 3 nitrogen and oxygen atoms in total. The molecule has 1 aliphatic heterocycles. The van der Waals surface area contributed by atoms with Crippen molar-refractivity contribution >= 4 is 27.5 Å². The molecule has 0 radical (unpaired) electrons. The maximum absolute atomic E-state index is 13.8. The fourth-order valence-corrected chi connectivity index (χ4v) is 2.52. The summed E-state index contributed by atoms with van der Waals surface area (Å²) in [7, 11) is 0. The van der Waals surface area contributed by atoms with Crippen molar-refractivity contribution in [2.75, 3.05) is 18.5 Å². The summed E-state index contributed by atoms with van der Waals surface area (Å²) in [6, 6.07) is 14.8. The van der Waals surface area contributed by atoms with E-state index < -0.39 is 0 Å². The fourth-order valence-electron chi connectivity index (χ4n) is 2.19. The smallest absolute Gasteiger partial charge is 0.147 e. The summed E-state index contributed by atoms with van der Waals surface area (Å²) in [6.07, 6.45) is 0. The lowest BCUT2D eigenvalue weighted by atomic mass is 10.1. The molecule has 1 unspecified atom stereocenters. The van der Waals surface area contributed by atoms with Gasteiger partial charge in [0.2, 0.25) is 0 Å². The summed E-state index contributed by atoms with van der Waals surface area (Å²) in [6.45, 7) is 0.900. The number of halogens is 2. The molecule has 1 N–H and O–H groups in total. The van der Waals surface area contributed by atoms with Gasteiger partial charge in [-0.25, -0.2) is 4.39 Å². The second kappa shape index (κ2) is 6.37. The minimum absolute atomic E-state index is 0.0547. The number of hydrogen-bond donors (Lipinski definition) is 1. The lowest BCUT2D eigenvalue weighted by molar-refractivity contribution is 0.144. The standard InChI is InChI=1S/C16H14BrFN2O/c17-12-6-7-14(13(18)8-12)19-16-10-21-9-15(20-16)11-4-2-1-3-5-11/h1-8,15H,9-10H2,(H,19,20). The summed E-state index contributed by atoms with van der Waals surface area (Å²) < 4.78 is 20.1. The first-order valence-corrected chi connectivity index (χ1v) is 7.43. The number of amidine groups is 1. The number of hydrogen-bond acceptors (Lipinski definition) is 3. The average Bonchev–Trinajstić information content (AvgIpc) is 2.51. The Bertz CT molecular complexity index is 661. The van der Waals surface area contributed by atoms with Crippen molar-refractivity contribution in [3.05, 3.63) is 64.4 Å². The molecule has 0 spiro atoms. The summed E-state index contributed by atoms with van der Waals surface area (Å²) in [5.41, 5.74) is 1.49. The van der Waals surface area contributed by atoms with E-state index in [0.717, 1.165) is 5.56 Å². The molecule has 1 heterocycles. The monoisotopic (exact) mass is 348 g/mol. The first-order valence-electron chi connectivity index (χ1n) is 6.64. The van der Waals surface area contributed by atoms with Crippen LogP contribution in [-0.4, -0.2) is 19.0 Å². The van der Waals surface area contributed by atoms with Crippen molar-refractivity contribution in [1.29, 1.82) is 0 Å². The molecule has 0 saturated carbocycles. The van der Waals surface area contributed by atoms with Crippen molar-refractivity contribution < 1.29 is 9.13 Å². The zero-order valence-electron chi connectivity index (χ0n) is 11.2. The van der Waals surface area contributed by atoms with Crippen molar-refractivity contribution in [1.82, 2.24) is 0 Å². The fraction of sp³-hybridized carbons (Fsp3) is 0.188. The van der Waals surface area contributed by atoms with E-state index in [1.807, 2.05) is 30.3 Å². The van der Waals surface area contributed by atoms with Gasteiger partial charge in [0.05, 0.1) is 12.3 Å². The molecule has 21 heavy (non-hydrogen) atoms. The number of ether oxygens (including phenoxy) is 1. The second-order valence-corrected chi connectivity index (χ2v) is 5.68. The first kappa shape index (κ1) is 14.2. The molecule has 0 amide bonds. The van der Waals surface area contributed by atoms with Gasteiger partial charge in [-0.05, 0) is 23.8 Å². The third-order valence-electron chi connectivity index (χ3n) is 3.22. The normalized spacial score (nSPS) is 18.2. The van der Waals surface area contributed by atoms with Crippen molar-refractivity contribution in [3.8, 4) is 0 Å². The molecule has 2 aromatic carbocycles. The molecule has 0 fully saturated rings. The predicted octanol–water partition coefficient (Wildman–Crippen LogP) is 4.17. The lowest BCUT2D eigenvalue weighted by Crippen LogP contribution is -2.27. The number of benzene rings is 2. The molecule has 0 saturated heterocycles. The van der Waals surface area contributed by atoms with E-state index in [9.17, 15) is 4.39 Å². The minimum Gasteiger partial charge on any atom is -0.371 e. The quantitative estimate of drug-likeness (QED) is 0.883. The van der Waals surface area contributed by atoms with Crippen LogP contribution < -0.4 is 5.32 Å². The highest BCUT2D eigenvalue weighted by Crippen LogP contribution is 2.23. The van der Waals surface area contributed by atoms with Gasteiger partial charge in [-0.1, -0.05) is 46.3 Å². The largest absolute Gasteiger partial charge is 0.371 e. The van der Waals surface area contributed by atoms with Crippen LogP contribution in [0.3, 0.4) is 0 Å². The Labute approximate surface area is 131 Å². The van der Waals surface area contributed by atoms with Gasteiger partial charge in [0, 0.05) is 4.47 Å². The summed E-state index contributed by atoms with van der Waals surface area (Å²) >= 11 is 3.24. The van der Waals surface area contributed by atoms with E-state index in [0.29, 0.717) is 29.2 Å². The molecule has 0 aromatic heterocycles. The molecular weight excluding hydrogens is 335 g/mol. The molecule has 1 atom stereocenters. The van der Waals surface area contributed by atoms with Gasteiger partial charge in [0.25, 0.3) is 0 Å². The number of nitrogens with one attached hydrogen (secondary N) is 1. The molecule has 2 aromatic rings. The number of rotatable bonds is 2. The Morgan fingerprint density at radius 3 is 2.76 bits per heavy atom. The van der Waals surface area contributed by atoms with Crippen LogP contribution in [0.2, 0.25) is 0 Å². The highest BCUT2D eigenvalue weighted by molar-refractivity contribution is 9.10. The molecular formula is C16H14BrFN2O. The van der Waals surface area contributed by atoms with Crippen molar-refractivity contribution in [3.63, 3.8) is 0 Å². The Balaban J connectivity index is 1.80. The Morgan fingerprint density at radius 2 is 2.00 bits per heavy atom. The van der Waals surface area contributed by atoms with Gasteiger partial charge < -0.3 is 10.1 Å². The zero-order chi connectivity index (χ0) is 14.7. The number of aliphatic imine (C=N–C) groups is 1. The van der Waals surface area contributed by atoms with E-state index in [2.05, 4.69) is 26.2 Å². The molecule has 0 aliphatic carbocycles. The van der Waals surface area contributed by atoms with E-state index >= 15 is 0 Å².